The number of hydrogen-bond acceptors (Lipinski definition) is 5. The molecule has 0 unspecified atom stereocenters. The van der Waals surface area contributed by atoms with Gasteiger partial charge in [-0.1, -0.05) is 30.3 Å². The van der Waals surface area contributed by atoms with Crippen LogP contribution in [0.5, 0.6) is 5.75 Å². The summed E-state index contributed by atoms with van der Waals surface area (Å²) in [4.78, 5) is 4.35. The fourth-order valence-corrected chi connectivity index (χ4v) is 4.97. The van der Waals surface area contributed by atoms with Crippen LogP contribution < -0.4 is 15.2 Å². The number of aliphatic hydroxyl groups is 1. The highest BCUT2D eigenvalue weighted by molar-refractivity contribution is 7.97. The van der Waals surface area contributed by atoms with E-state index in [0.29, 0.717) is 6.61 Å². The second kappa shape index (κ2) is 8.67. The summed E-state index contributed by atoms with van der Waals surface area (Å²) in [5.74, 6) is 0.945. The molecule has 6 heteroatoms. The largest absolute Gasteiger partial charge is 0.492 e. The molecule has 0 spiro atoms. The number of fused-ring (bicyclic) bond motifs is 2. The number of H-pyrrole nitrogens is 1. The fourth-order valence-electron chi connectivity index (χ4n) is 4.05. The molecule has 1 aliphatic rings. The third kappa shape index (κ3) is 4.14. The molecule has 0 fully saturated rings. The van der Waals surface area contributed by atoms with Gasteiger partial charge in [-0.25, -0.2) is 0 Å². The maximum atomic E-state index is 10.00. The lowest BCUT2D eigenvalue weighted by Crippen LogP contribution is -2.29. The van der Waals surface area contributed by atoms with Crippen LogP contribution >= 0.6 is 11.9 Å². The van der Waals surface area contributed by atoms with Crippen LogP contribution in [0.2, 0.25) is 0 Å². The van der Waals surface area contributed by atoms with Crippen LogP contribution in [0, 0.1) is 0 Å². The second-order valence-electron chi connectivity index (χ2n) is 7.85. The standard InChI is InChI=1S/C25H25N3O2S/c26-20-7-5-16(6-8-20)18-11-17-9-10-30-25(17)24(13-18)31-28-21(15-29)12-19-14-27-23-4-2-1-3-22(19)23/h1-8,11,13-14,21,27-29H,9-10,12,15,26H2/t21-/m1/s1. The van der Waals surface area contributed by atoms with Crippen molar-refractivity contribution in [2.45, 2.75) is 23.8 Å². The molecule has 3 aromatic carbocycles. The summed E-state index contributed by atoms with van der Waals surface area (Å²) in [6, 6.07) is 20.4. The van der Waals surface area contributed by atoms with Crippen molar-refractivity contribution in [3.63, 3.8) is 0 Å². The Morgan fingerprint density at radius 1 is 1.10 bits per heavy atom. The maximum absolute atomic E-state index is 10.00. The first-order chi connectivity index (χ1) is 15.2. The molecule has 0 aliphatic carbocycles. The molecule has 4 aromatic rings. The van der Waals surface area contributed by atoms with E-state index in [2.05, 4.69) is 34.0 Å². The first-order valence-electron chi connectivity index (χ1n) is 10.4. The molecule has 1 atom stereocenters. The van der Waals surface area contributed by atoms with Gasteiger partial charge < -0.3 is 20.6 Å². The number of nitrogen functional groups attached to an aromatic ring is 1. The predicted molar refractivity (Wildman–Crippen MR) is 127 cm³/mol. The lowest BCUT2D eigenvalue weighted by Gasteiger charge is -2.17. The molecule has 1 aliphatic heterocycles. The van der Waals surface area contributed by atoms with Crippen LogP contribution in [-0.2, 0) is 12.8 Å². The first-order valence-corrected chi connectivity index (χ1v) is 11.3. The number of aliphatic hydroxyl groups excluding tert-OH is 1. The van der Waals surface area contributed by atoms with Crippen molar-refractivity contribution in [2.75, 3.05) is 18.9 Å². The number of aromatic amines is 1. The van der Waals surface area contributed by atoms with E-state index >= 15 is 0 Å². The second-order valence-corrected chi connectivity index (χ2v) is 8.73. The van der Waals surface area contributed by atoms with Crippen molar-refractivity contribution in [1.29, 1.82) is 0 Å². The van der Waals surface area contributed by atoms with Crippen LogP contribution in [0.1, 0.15) is 11.1 Å². The van der Waals surface area contributed by atoms with Gasteiger partial charge >= 0.3 is 0 Å². The van der Waals surface area contributed by atoms with E-state index in [9.17, 15) is 5.11 Å². The normalized spacial score (nSPS) is 13.8. The van der Waals surface area contributed by atoms with Gasteiger partial charge in [0.15, 0.2) is 0 Å². The Morgan fingerprint density at radius 3 is 2.77 bits per heavy atom. The molecular weight excluding hydrogens is 406 g/mol. The Hall–Kier alpha value is -2.93. The zero-order valence-corrected chi connectivity index (χ0v) is 17.9. The lowest BCUT2D eigenvalue weighted by molar-refractivity contribution is 0.258. The highest BCUT2D eigenvalue weighted by atomic mass is 32.2. The highest BCUT2D eigenvalue weighted by Crippen LogP contribution is 2.39. The fraction of sp³-hybridized carbons (Fsp3) is 0.200. The van der Waals surface area contributed by atoms with Crippen molar-refractivity contribution < 1.29 is 9.84 Å². The van der Waals surface area contributed by atoms with Crippen molar-refractivity contribution >= 4 is 28.5 Å². The summed E-state index contributed by atoms with van der Waals surface area (Å²) >= 11 is 1.53. The number of benzene rings is 3. The molecule has 31 heavy (non-hydrogen) atoms. The molecule has 0 saturated heterocycles. The third-order valence-corrected chi connectivity index (χ3v) is 6.67. The minimum atomic E-state index is -0.0820. The number of nitrogens with one attached hydrogen (secondary N) is 2. The van der Waals surface area contributed by atoms with E-state index in [4.69, 9.17) is 10.5 Å². The predicted octanol–water partition coefficient (Wildman–Crippen LogP) is 4.55. The van der Waals surface area contributed by atoms with Crippen molar-refractivity contribution in [3.8, 4) is 16.9 Å². The summed E-state index contributed by atoms with van der Waals surface area (Å²) < 4.78 is 9.38. The molecular formula is C25H25N3O2S. The number of hydrogen-bond donors (Lipinski definition) is 4. The van der Waals surface area contributed by atoms with Crippen LogP contribution in [0.15, 0.2) is 71.8 Å². The Kier molecular flexibility index (Phi) is 5.59. The Labute approximate surface area is 185 Å². The Bertz CT molecular complexity index is 1200. The number of anilines is 1. The van der Waals surface area contributed by atoms with E-state index in [1.165, 1.54) is 28.5 Å². The smallest absolute Gasteiger partial charge is 0.137 e. The molecule has 0 bridgehead atoms. The summed E-state index contributed by atoms with van der Waals surface area (Å²) in [5, 5.41) is 11.2. The van der Waals surface area contributed by atoms with Crippen molar-refractivity contribution in [1.82, 2.24) is 9.71 Å². The van der Waals surface area contributed by atoms with Gasteiger partial charge in [0.25, 0.3) is 0 Å². The van der Waals surface area contributed by atoms with E-state index in [-0.39, 0.29) is 12.6 Å². The van der Waals surface area contributed by atoms with E-state index < -0.39 is 0 Å². The number of rotatable bonds is 7. The van der Waals surface area contributed by atoms with Gasteiger partial charge in [0, 0.05) is 35.2 Å². The zero-order valence-electron chi connectivity index (χ0n) is 17.1. The maximum Gasteiger partial charge on any atom is 0.137 e. The van der Waals surface area contributed by atoms with Crippen LogP contribution in [0.3, 0.4) is 0 Å². The lowest BCUT2D eigenvalue weighted by atomic mass is 10.0. The SMILES string of the molecule is Nc1ccc(-c2cc3c(c(SN[C@@H](CO)Cc4c[nH]c5ccccc45)c2)OCC3)cc1. The monoisotopic (exact) mass is 431 g/mol. The number of ether oxygens (including phenoxy) is 1. The van der Waals surface area contributed by atoms with Gasteiger partial charge in [-0.05, 0) is 71.0 Å². The molecule has 5 N–H and O–H groups in total. The number of aromatic nitrogens is 1. The molecule has 5 rings (SSSR count). The molecule has 0 amide bonds. The minimum Gasteiger partial charge on any atom is -0.492 e. The van der Waals surface area contributed by atoms with E-state index in [1.54, 1.807) is 0 Å². The van der Waals surface area contributed by atoms with E-state index in [0.717, 1.165) is 45.8 Å². The van der Waals surface area contributed by atoms with Gasteiger partial charge in [-0.3, -0.25) is 4.72 Å². The summed E-state index contributed by atoms with van der Waals surface area (Å²) in [7, 11) is 0. The van der Waals surface area contributed by atoms with Crippen LogP contribution in [0.25, 0.3) is 22.0 Å². The number of nitrogens with two attached hydrogens (primary N) is 1. The molecule has 2 heterocycles. The average molecular weight is 432 g/mol. The van der Waals surface area contributed by atoms with Gasteiger partial charge in [0.1, 0.15) is 5.75 Å². The van der Waals surface area contributed by atoms with Crippen molar-refractivity contribution in [2.24, 2.45) is 0 Å². The molecule has 5 nitrogen and oxygen atoms in total. The van der Waals surface area contributed by atoms with Crippen LogP contribution in [0.4, 0.5) is 5.69 Å². The first kappa shape index (κ1) is 20.0. The Morgan fingerprint density at radius 2 is 1.94 bits per heavy atom. The van der Waals surface area contributed by atoms with Gasteiger partial charge in [0.2, 0.25) is 0 Å². The molecule has 0 saturated carbocycles. The van der Waals surface area contributed by atoms with Gasteiger partial charge in [-0.2, -0.15) is 0 Å². The summed E-state index contributed by atoms with van der Waals surface area (Å²) in [6.07, 6.45) is 3.67. The zero-order chi connectivity index (χ0) is 21.2. The molecule has 158 valence electrons. The molecule has 0 radical (unpaired) electrons. The van der Waals surface area contributed by atoms with E-state index in [1.807, 2.05) is 42.6 Å². The summed E-state index contributed by atoms with van der Waals surface area (Å²) in [6.45, 7) is 0.750. The van der Waals surface area contributed by atoms with Gasteiger partial charge in [0.05, 0.1) is 18.1 Å². The highest BCUT2D eigenvalue weighted by Gasteiger charge is 2.20. The van der Waals surface area contributed by atoms with Crippen LogP contribution in [-0.4, -0.2) is 29.3 Å². The Balaban J connectivity index is 1.36. The molecule has 1 aromatic heterocycles. The quantitative estimate of drug-likeness (QED) is 0.255. The van der Waals surface area contributed by atoms with Gasteiger partial charge in [-0.15, -0.1) is 0 Å². The average Bonchev–Trinajstić information content (AvgIpc) is 3.44. The summed E-state index contributed by atoms with van der Waals surface area (Å²) in [5.41, 5.74) is 12.4. The third-order valence-electron chi connectivity index (χ3n) is 5.69. The van der Waals surface area contributed by atoms with Crippen molar-refractivity contribution in [3.05, 3.63) is 78.0 Å². The topological polar surface area (TPSA) is 83.3 Å². The number of para-hydroxylation sites is 1. The minimum absolute atomic E-state index is 0.0488.